The molecule has 0 aromatic carbocycles. The van der Waals surface area contributed by atoms with Crippen molar-refractivity contribution in [1.82, 2.24) is 44.8 Å². The van der Waals surface area contributed by atoms with Gasteiger partial charge in [0.05, 0.1) is 34.9 Å². The van der Waals surface area contributed by atoms with Crippen LogP contribution in [0.1, 0.15) is 50.5 Å². The molecule has 0 aliphatic heterocycles. The molecule has 19 heteroatoms. The maximum absolute atomic E-state index is 13.3. The number of carbonyl (C=O) groups is 1. The summed E-state index contributed by atoms with van der Waals surface area (Å²) in [5.74, 6) is -5.49. The zero-order chi connectivity index (χ0) is 34.9. The second kappa shape index (κ2) is 13.9. The lowest BCUT2D eigenvalue weighted by Crippen LogP contribution is -2.52. The van der Waals surface area contributed by atoms with E-state index in [1.54, 1.807) is 35.0 Å². The molecular formula is C30H38ClN11O7. The molecule has 0 unspecified atom stereocenters. The average Bonchev–Trinajstić information content (AvgIpc) is 3.63. The lowest BCUT2D eigenvalue weighted by atomic mass is 9.85. The summed E-state index contributed by atoms with van der Waals surface area (Å²) in [5.41, 5.74) is 1.03. The fourth-order valence-electron chi connectivity index (χ4n) is 6.01. The van der Waals surface area contributed by atoms with Gasteiger partial charge in [-0.25, -0.2) is 19.7 Å². The Hall–Kier alpha value is -4.30. The molecule has 0 spiro atoms. The summed E-state index contributed by atoms with van der Waals surface area (Å²) < 4.78 is 3.32. The predicted molar refractivity (Wildman–Crippen MR) is 173 cm³/mol. The highest BCUT2D eigenvalue weighted by Gasteiger charge is 2.34. The molecule has 262 valence electrons. The van der Waals surface area contributed by atoms with Crippen molar-refractivity contribution in [3.63, 3.8) is 0 Å². The zero-order valence-electron chi connectivity index (χ0n) is 26.6. The maximum atomic E-state index is 13.3. The normalized spacial score (nSPS) is 18.6. The van der Waals surface area contributed by atoms with Crippen molar-refractivity contribution >= 4 is 29.4 Å². The molecule has 2 aliphatic carbocycles. The third-order valence-corrected chi connectivity index (χ3v) is 9.01. The van der Waals surface area contributed by atoms with Crippen molar-refractivity contribution in [3.8, 4) is 22.6 Å². The molecule has 2 fully saturated rings. The van der Waals surface area contributed by atoms with E-state index in [4.69, 9.17) is 11.6 Å². The highest BCUT2D eigenvalue weighted by molar-refractivity contribution is 6.33. The SMILES string of the molecule is Cn1cc(-c2cnc(N(C(=O)NCC(O)(O)O)C3CCC(Nc4ncc(C(O)(O)O)c(-c5nn(CC6CCC6)cc5Cl)n4)CC3)cn2)cn1. The van der Waals surface area contributed by atoms with Gasteiger partial charge in [-0.15, -0.1) is 0 Å². The van der Waals surface area contributed by atoms with Crippen LogP contribution in [0.5, 0.6) is 0 Å². The number of anilines is 2. The van der Waals surface area contributed by atoms with Crippen LogP contribution in [0.3, 0.4) is 0 Å². The molecule has 6 rings (SSSR count). The van der Waals surface area contributed by atoms with E-state index < -0.39 is 24.5 Å². The minimum atomic E-state index is -3.24. The summed E-state index contributed by atoms with van der Waals surface area (Å²) in [5, 5.41) is 72.7. The second-order valence-corrected chi connectivity index (χ2v) is 13.0. The fourth-order valence-corrected chi connectivity index (χ4v) is 6.25. The number of aliphatic hydroxyl groups is 6. The van der Waals surface area contributed by atoms with E-state index in [1.165, 1.54) is 23.7 Å². The van der Waals surface area contributed by atoms with Gasteiger partial charge in [0.2, 0.25) is 5.95 Å². The van der Waals surface area contributed by atoms with E-state index in [1.807, 2.05) is 0 Å². The molecular weight excluding hydrogens is 662 g/mol. The van der Waals surface area contributed by atoms with E-state index in [2.05, 4.69) is 40.8 Å². The van der Waals surface area contributed by atoms with Crippen molar-refractivity contribution in [2.75, 3.05) is 16.8 Å². The van der Waals surface area contributed by atoms with Crippen LogP contribution in [-0.2, 0) is 19.6 Å². The van der Waals surface area contributed by atoms with E-state index in [9.17, 15) is 35.4 Å². The molecule has 4 aromatic rings. The van der Waals surface area contributed by atoms with Gasteiger partial charge in [-0.05, 0) is 44.4 Å². The van der Waals surface area contributed by atoms with Crippen LogP contribution in [0.15, 0.2) is 37.2 Å². The number of rotatable bonds is 11. The van der Waals surface area contributed by atoms with Crippen molar-refractivity contribution in [3.05, 3.63) is 47.8 Å². The lowest BCUT2D eigenvalue weighted by Gasteiger charge is -2.36. The first-order chi connectivity index (χ1) is 23.2. The van der Waals surface area contributed by atoms with Crippen molar-refractivity contribution in [1.29, 1.82) is 0 Å². The molecule has 0 atom stereocenters. The number of amides is 2. The highest BCUT2D eigenvalue weighted by atomic mass is 35.5. The molecule has 8 N–H and O–H groups in total. The second-order valence-electron chi connectivity index (χ2n) is 12.6. The number of aromatic nitrogens is 8. The summed E-state index contributed by atoms with van der Waals surface area (Å²) >= 11 is 6.50. The van der Waals surface area contributed by atoms with Crippen LogP contribution in [0.4, 0.5) is 16.6 Å². The summed E-state index contributed by atoms with van der Waals surface area (Å²) in [6.45, 7) is -0.178. The predicted octanol–water partition coefficient (Wildman–Crippen LogP) is 0.641. The molecule has 18 nitrogen and oxygen atoms in total. The van der Waals surface area contributed by atoms with Crippen molar-refractivity contribution < 1.29 is 35.4 Å². The van der Waals surface area contributed by atoms with Gasteiger partial charge < -0.3 is 41.3 Å². The number of nitrogens with zero attached hydrogens (tertiary/aromatic N) is 9. The number of urea groups is 1. The van der Waals surface area contributed by atoms with Crippen LogP contribution in [-0.4, -0.2) is 101 Å². The molecule has 49 heavy (non-hydrogen) atoms. The molecule has 0 saturated heterocycles. The largest absolute Gasteiger partial charge is 0.351 e. The molecule has 0 radical (unpaired) electrons. The standard InChI is InChI=1S/C30H38ClN11O7/c1-40-14-18(9-36-40)23-11-33-24(12-32-23)42(28(43)35-16-29(44,45)46)20-7-5-19(6-8-20)37-27-34-10-21(30(47,48)49)25(38-27)26-22(31)15-41(39-26)13-17-3-2-4-17/h9-12,14-15,17,19-20,44-49H,2-8,13,16H2,1H3,(H,35,43)(H,34,37,38). The van der Waals surface area contributed by atoms with Crippen LogP contribution in [0, 0.1) is 5.92 Å². The van der Waals surface area contributed by atoms with Crippen LogP contribution < -0.4 is 15.5 Å². The van der Waals surface area contributed by atoms with Gasteiger partial charge in [-0.3, -0.25) is 19.2 Å². The van der Waals surface area contributed by atoms with Crippen LogP contribution in [0.2, 0.25) is 5.02 Å². The number of carbonyl (C=O) groups excluding carboxylic acids is 1. The molecule has 2 aliphatic rings. The number of halogens is 1. The summed E-state index contributed by atoms with van der Waals surface area (Å²) in [6.07, 6.45) is 14.5. The van der Waals surface area contributed by atoms with E-state index >= 15 is 0 Å². The molecule has 4 aromatic heterocycles. The van der Waals surface area contributed by atoms with Gasteiger partial charge in [0.1, 0.15) is 17.9 Å². The number of aryl methyl sites for hydroxylation is 1. The van der Waals surface area contributed by atoms with E-state index in [0.29, 0.717) is 43.8 Å². The Balaban J connectivity index is 1.17. The maximum Gasteiger partial charge on any atom is 0.323 e. The molecule has 2 saturated carbocycles. The first-order valence-corrected chi connectivity index (χ1v) is 16.2. The van der Waals surface area contributed by atoms with Gasteiger partial charge in [-0.2, -0.15) is 10.2 Å². The Morgan fingerprint density at radius 2 is 1.71 bits per heavy atom. The van der Waals surface area contributed by atoms with Gasteiger partial charge in [-0.1, -0.05) is 18.0 Å². The smallest absolute Gasteiger partial charge is 0.323 e. The first-order valence-electron chi connectivity index (χ1n) is 15.8. The Labute approximate surface area is 285 Å². The number of hydrogen-bond acceptors (Lipinski definition) is 14. The average molecular weight is 700 g/mol. The number of nitrogens with one attached hydrogen (secondary N) is 2. The third kappa shape index (κ3) is 8.30. The Kier molecular flexibility index (Phi) is 9.81. The zero-order valence-corrected chi connectivity index (χ0v) is 27.3. The van der Waals surface area contributed by atoms with E-state index in [0.717, 1.165) is 24.6 Å². The van der Waals surface area contributed by atoms with Gasteiger partial charge in [0, 0.05) is 49.8 Å². The van der Waals surface area contributed by atoms with Crippen LogP contribution in [0.25, 0.3) is 22.6 Å². The number of hydrogen-bond donors (Lipinski definition) is 8. The Morgan fingerprint density at radius 3 is 2.31 bits per heavy atom. The molecule has 2 amide bonds. The van der Waals surface area contributed by atoms with E-state index in [-0.39, 0.29) is 45.8 Å². The van der Waals surface area contributed by atoms with Crippen LogP contribution >= 0.6 is 11.6 Å². The van der Waals surface area contributed by atoms with Crippen molar-refractivity contribution in [2.24, 2.45) is 13.0 Å². The van der Waals surface area contributed by atoms with Crippen molar-refractivity contribution in [2.45, 2.75) is 75.5 Å². The molecule has 0 bridgehead atoms. The quantitative estimate of drug-likeness (QED) is 0.100. The highest BCUT2D eigenvalue weighted by Crippen LogP contribution is 2.35. The molecule has 4 heterocycles. The fraction of sp³-hybridized carbons (Fsp3) is 0.500. The Morgan fingerprint density at radius 1 is 0.959 bits per heavy atom. The monoisotopic (exact) mass is 699 g/mol. The minimum Gasteiger partial charge on any atom is -0.351 e. The summed E-state index contributed by atoms with van der Waals surface area (Å²) in [7, 11) is 1.78. The lowest BCUT2D eigenvalue weighted by molar-refractivity contribution is -0.323. The summed E-state index contributed by atoms with van der Waals surface area (Å²) in [6, 6.07) is -1.25. The Bertz CT molecular complexity index is 1760. The summed E-state index contributed by atoms with van der Waals surface area (Å²) in [4.78, 5) is 32.2. The minimum absolute atomic E-state index is 0.0417. The third-order valence-electron chi connectivity index (χ3n) is 8.74. The topological polar surface area (TPSA) is 253 Å². The van der Waals surface area contributed by atoms with Gasteiger partial charge in [0.25, 0.3) is 5.97 Å². The first kappa shape index (κ1) is 34.6. The van der Waals surface area contributed by atoms with Gasteiger partial charge >= 0.3 is 12.0 Å². The van der Waals surface area contributed by atoms with Gasteiger partial charge in [0.15, 0.2) is 5.82 Å².